The summed E-state index contributed by atoms with van der Waals surface area (Å²) >= 11 is 0. The van der Waals surface area contributed by atoms with Gasteiger partial charge in [0.25, 0.3) is 0 Å². The van der Waals surface area contributed by atoms with Crippen molar-refractivity contribution in [2.75, 3.05) is 0 Å². The lowest BCUT2D eigenvalue weighted by Crippen LogP contribution is -2.12. The lowest BCUT2D eigenvalue weighted by Gasteiger charge is -2.08. The van der Waals surface area contributed by atoms with Gasteiger partial charge in [0.1, 0.15) is 6.07 Å². The molecule has 0 spiro atoms. The number of alkyl halides is 3. The molecule has 0 aromatic carbocycles. The summed E-state index contributed by atoms with van der Waals surface area (Å²) in [4.78, 5) is 6.54. The Labute approximate surface area is 82.6 Å². The minimum Gasteiger partial charge on any atom is -0.227 e. The minimum absolute atomic E-state index is 0.381. The molecule has 1 rings (SSSR count). The largest absolute Gasteiger partial charge is 0.419 e. The maximum atomic E-state index is 12.3. The highest BCUT2D eigenvalue weighted by molar-refractivity contribution is 5.26. The zero-order valence-corrected chi connectivity index (χ0v) is 7.21. The molecule has 7 heteroatoms. The van der Waals surface area contributed by atoms with Gasteiger partial charge in [-0.2, -0.15) is 23.7 Å². The Morgan fingerprint density at radius 2 is 2.00 bits per heavy atom. The molecular formula is C8H3F3N4. The summed E-state index contributed by atoms with van der Waals surface area (Å²) in [6.07, 6.45) is -4.61. The van der Waals surface area contributed by atoms with E-state index in [1.54, 1.807) is 6.07 Å². The molecule has 0 saturated heterocycles. The number of hydrogen-bond acceptors (Lipinski definition) is 4. The van der Waals surface area contributed by atoms with Crippen molar-refractivity contribution in [1.29, 1.82) is 10.5 Å². The molecule has 0 aliphatic heterocycles. The molecule has 0 saturated carbocycles. The molecule has 1 aromatic rings. The lowest BCUT2D eigenvalue weighted by molar-refractivity contribution is -0.138. The molecule has 0 aliphatic carbocycles. The first-order chi connectivity index (χ1) is 6.99. The molecule has 4 nitrogen and oxygen atoms in total. The van der Waals surface area contributed by atoms with Crippen LogP contribution in [-0.4, -0.2) is 9.97 Å². The third kappa shape index (κ3) is 2.41. The van der Waals surface area contributed by atoms with E-state index >= 15 is 0 Å². The van der Waals surface area contributed by atoms with Gasteiger partial charge >= 0.3 is 6.18 Å². The highest BCUT2D eigenvalue weighted by Crippen LogP contribution is 2.30. The van der Waals surface area contributed by atoms with E-state index in [-0.39, 0.29) is 5.82 Å². The zero-order valence-electron chi connectivity index (χ0n) is 7.21. The van der Waals surface area contributed by atoms with E-state index in [1.807, 2.05) is 0 Å². The van der Waals surface area contributed by atoms with Gasteiger partial charge in [-0.3, -0.25) is 0 Å². The monoisotopic (exact) mass is 212 g/mol. The van der Waals surface area contributed by atoms with Crippen molar-refractivity contribution in [3.8, 4) is 12.1 Å². The molecule has 0 atom stereocenters. The lowest BCUT2D eigenvalue weighted by atomic mass is 10.2. The first-order valence-electron chi connectivity index (χ1n) is 3.69. The summed E-state index contributed by atoms with van der Waals surface area (Å²) in [6, 6.07) is 3.05. The van der Waals surface area contributed by atoms with E-state index in [1.165, 1.54) is 6.07 Å². The molecule has 0 unspecified atom stereocenters. The van der Waals surface area contributed by atoms with Crippen molar-refractivity contribution < 1.29 is 13.2 Å². The second-order valence-electron chi connectivity index (χ2n) is 2.50. The normalized spacial score (nSPS) is 10.5. The van der Waals surface area contributed by atoms with Crippen molar-refractivity contribution in [3.05, 3.63) is 23.3 Å². The van der Waals surface area contributed by atoms with Crippen LogP contribution in [0.25, 0.3) is 0 Å². The molecule has 0 aliphatic rings. The molecule has 1 heterocycles. The summed E-state index contributed by atoms with van der Waals surface area (Å²) in [5.74, 6) is -0.381. The van der Waals surface area contributed by atoms with Crippen LogP contribution < -0.4 is 0 Å². The maximum absolute atomic E-state index is 12.3. The van der Waals surface area contributed by atoms with Crippen molar-refractivity contribution in [2.24, 2.45) is 0 Å². The van der Waals surface area contributed by atoms with Gasteiger partial charge in [-0.1, -0.05) is 0 Å². The summed E-state index contributed by atoms with van der Waals surface area (Å²) in [5, 5.41) is 16.7. The van der Waals surface area contributed by atoms with Crippen LogP contribution in [0, 0.1) is 22.7 Å². The molecule has 76 valence electrons. The molecule has 0 N–H and O–H groups in total. The Hall–Kier alpha value is -2.15. The fraction of sp³-hybridized carbons (Fsp3) is 0.250. The molecule has 0 radical (unpaired) electrons. The smallest absolute Gasteiger partial charge is 0.227 e. The highest BCUT2D eigenvalue weighted by Gasteiger charge is 2.34. The average Bonchev–Trinajstić information content (AvgIpc) is 2.16. The predicted molar refractivity (Wildman–Crippen MR) is 41.1 cm³/mol. The number of aromatic nitrogens is 2. The van der Waals surface area contributed by atoms with E-state index in [9.17, 15) is 13.2 Å². The minimum atomic E-state index is -4.61. The maximum Gasteiger partial charge on any atom is 0.419 e. The van der Waals surface area contributed by atoms with E-state index in [4.69, 9.17) is 10.5 Å². The van der Waals surface area contributed by atoms with Crippen LogP contribution in [0.3, 0.4) is 0 Å². The average molecular weight is 212 g/mol. The Balaban J connectivity index is 3.30. The van der Waals surface area contributed by atoms with Crippen molar-refractivity contribution in [3.63, 3.8) is 0 Å². The number of rotatable bonds is 1. The van der Waals surface area contributed by atoms with Crippen LogP contribution >= 0.6 is 0 Å². The van der Waals surface area contributed by atoms with Gasteiger partial charge in [0.05, 0.1) is 23.7 Å². The number of nitriles is 2. The van der Waals surface area contributed by atoms with E-state index < -0.39 is 23.9 Å². The zero-order chi connectivity index (χ0) is 11.5. The van der Waals surface area contributed by atoms with Gasteiger partial charge in [0.2, 0.25) is 5.82 Å². The van der Waals surface area contributed by atoms with Gasteiger partial charge in [0, 0.05) is 6.20 Å². The first kappa shape index (κ1) is 10.9. The van der Waals surface area contributed by atoms with Crippen LogP contribution in [0.5, 0.6) is 0 Å². The molecule has 0 bridgehead atoms. The number of halogens is 3. The third-order valence-electron chi connectivity index (χ3n) is 1.52. The Kier molecular flexibility index (Phi) is 2.86. The molecule has 0 amide bonds. The highest BCUT2D eigenvalue weighted by atomic mass is 19.4. The van der Waals surface area contributed by atoms with Crippen LogP contribution in [0.4, 0.5) is 13.2 Å². The Bertz CT molecular complexity index is 452. The SMILES string of the molecule is N#CCc1nc(C#N)ncc1C(F)(F)F. The van der Waals surface area contributed by atoms with Crippen LogP contribution in [0.2, 0.25) is 0 Å². The number of hydrogen-bond donors (Lipinski definition) is 0. The predicted octanol–water partition coefficient (Wildman–Crippen LogP) is 1.43. The van der Waals surface area contributed by atoms with Gasteiger partial charge in [-0.05, 0) is 0 Å². The molecular weight excluding hydrogens is 209 g/mol. The topological polar surface area (TPSA) is 73.4 Å². The van der Waals surface area contributed by atoms with E-state index in [0.717, 1.165) is 0 Å². The van der Waals surface area contributed by atoms with E-state index in [2.05, 4.69) is 9.97 Å². The van der Waals surface area contributed by atoms with Crippen LogP contribution in [0.1, 0.15) is 17.1 Å². The second-order valence-corrected chi connectivity index (χ2v) is 2.50. The third-order valence-corrected chi connectivity index (χ3v) is 1.52. The van der Waals surface area contributed by atoms with Crippen LogP contribution in [-0.2, 0) is 12.6 Å². The standard InChI is InChI=1S/C8H3F3N4/c9-8(10,11)5-4-14-7(3-13)15-6(5)1-2-12/h4H,1H2. The van der Waals surface area contributed by atoms with Crippen molar-refractivity contribution in [1.82, 2.24) is 9.97 Å². The molecule has 15 heavy (non-hydrogen) atoms. The van der Waals surface area contributed by atoms with Crippen LogP contribution in [0.15, 0.2) is 6.20 Å². The summed E-state index contributed by atoms with van der Waals surface area (Å²) in [6.45, 7) is 0. The van der Waals surface area contributed by atoms with E-state index in [0.29, 0.717) is 6.20 Å². The summed E-state index contributed by atoms with van der Waals surface area (Å²) in [7, 11) is 0. The van der Waals surface area contributed by atoms with Crippen molar-refractivity contribution in [2.45, 2.75) is 12.6 Å². The Morgan fingerprint density at radius 3 is 2.47 bits per heavy atom. The summed E-state index contributed by atoms with van der Waals surface area (Å²) in [5.41, 5.74) is -1.56. The number of nitrogens with zero attached hydrogens (tertiary/aromatic N) is 4. The summed E-state index contributed by atoms with van der Waals surface area (Å²) < 4.78 is 37.0. The van der Waals surface area contributed by atoms with Gasteiger partial charge in [0.15, 0.2) is 0 Å². The first-order valence-corrected chi connectivity index (χ1v) is 3.69. The van der Waals surface area contributed by atoms with Gasteiger partial charge < -0.3 is 0 Å². The van der Waals surface area contributed by atoms with Crippen molar-refractivity contribution >= 4 is 0 Å². The second kappa shape index (κ2) is 3.93. The molecule has 0 fully saturated rings. The fourth-order valence-corrected chi connectivity index (χ4v) is 0.917. The quantitative estimate of drug-likeness (QED) is 0.705. The Morgan fingerprint density at radius 1 is 1.33 bits per heavy atom. The van der Waals surface area contributed by atoms with Gasteiger partial charge in [-0.25, -0.2) is 9.97 Å². The van der Waals surface area contributed by atoms with Gasteiger partial charge in [-0.15, -0.1) is 0 Å². The fourth-order valence-electron chi connectivity index (χ4n) is 0.917. The molecule has 1 aromatic heterocycles.